The predicted octanol–water partition coefficient (Wildman–Crippen LogP) is 3.67. The van der Waals surface area contributed by atoms with Crippen LogP contribution in [0.4, 0.5) is 5.69 Å². The molecule has 0 saturated heterocycles. The molecule has 0 amide bonds. The summed E-state index contributed by atoms with van der Waals surface area (Å²) in [5, 5.41) is 21.4. The number of rotatable bonds is 3. The van der Waals surface area contributed by atoms with Gasteiger partial charge in [-0.3, -0.25) is 10.1 Å². The molecule has 0 aliphatic carbocycles. The number of hydrogen-bond donors (Lipinski definition) is 1. The molecule has 6 nitrogen and oxygen atoms in total. The highest BCUT2D eigenvalue weighted by Gasteiger charge is 2.22. The monoisotopic (exact) mass is 295 g/mol. The fourth-order valence-corrected chi connectivity index (χ4v) is 2.36. The molecule has 0 aliphatic rings. The second-order valence-electron chi connectivity index (χ2n) is 4.82. The number of nitro benzene ring substituents is 1. The summed E-state index contributed by atoms with van der Waals surface area (Å²) in [6.07, 6.45) is 0. The average Bonchev–Trinajstić information content (AvgIpc) is 2.84. The summed E-state index contributed by atoms with van der Waals surface area (Å²) in [6, 6.07) is 15.6. The lowest BCUT2D eigenvalue weighted by Crippen LogP contribution is -1.99. The Hall–Kier alpha value is -3.15. The SMILES string of the molecule is Cc1c(-c2ccccc2)nc(-c2ccccc2[N+](=O)[O-])n1O. The Morgan fingerprint density at radius 3 is 2.41 bits per heavy atom. The van der Waals surface area contributed by atoms with Crippen LogP contribution in [-0.4, -0.2) is 19.8 Å². The Kier molecular flexibility index (Phi) is 3.34. The zero-order valence-corrected chi connectivity index (χ0v) is 11.8. The fraction of sp³-hybridized carbons (Fsp3) is 0.0625. The third kappa shape index (κ3) is 2.20. The number of nitrogens with zero attached hydrogens (tertiary/aromatic N) is 3. The fourth-order valence-electron chi connectivity index (χ4n) is 2.36. The van der Waals surface area contributed by atoms with Crippen LogP contribution in [0.5, 0.6) is 0 Å². The van der Waals surface area contributed by atoms with Crippen LogP contribution in [0.25, 0.3) is 22.6 Å². The van der Waals surface area contributed by atoms with Crippen molar-refractivity contribution >= 4 is 5.69 Å². The molecule has 0 fully saturated rings. The van der Waals surface area contributed by atoms with Gasteiger partial charge in [0, 0.05) is 11.6 Å². The third-order valence-corrected chi connectivity index (χ3v) is 3.47. The highest BCUT2D eigenvalue weighted by atomic mass is 16.6. The van der Waals surface area contributed by atoms with Gasteiger partial charge in [-0.15, -0.1) is 0 Å². The Labute approximate surface area is 126 Å². The molecule has 3 aromatic rings. The lowest BCUT2D eigenvalue weighted by atomic mass is 10.1. The highest BCUT2D eigenvalue weighted by molar-refractivity contribution is 5.73. The van der Waals surface area contributed by atoms with Crippen molar-refractivity contribution in [3.63, 3.8) is 0 Å². The maximum absolute atomic E-state index is 11.2. The molecule has 3 rings (SSSR count). The van der Waals surface area contributed by atoms with Gasteiger partial charge in [0.15, 0.2) is 5.82 Å². The second-order valence-corrected chi connectivity index (χ2v) is 4.82. The second kappa shape index (κ2) is 5.33. The van der Waals surface area contributed by atoms with Crippen LogP contribution in [0.15, 0.2) is 54.6 Å². The first-order valence-corrected chi connectivity index (χ1v) is 6.67. The van der Waals surface area contributed by atoms with E-state index < -0.39 is 4.92 Å². The van der Waals surface area contributed by atoms with Crippen molar-refractivity contribution in [2.45, 2.75) is 6.92 Å². The van der Waals surface area contributed by atoms with Gasteiger partial charge >= 0.3 is 0 Å². The van der Waals surface area contributed by atoms with Crippen molar-refractivity contribution in [2.24, 2.45) is 0 Å². The molecular formula is C16H13N3O3. The van der Waals surface area contributed by atoms with E-state index in [2.05, 4.69) is 4.98 Å². The summed E-state index contributed by atoms with van der Waals surface area (Å²) in [5.41, 5.74) is 2.14. The van der Waals surface area contributed by atoms with Crippen LogP contribution in [0.1, 0.15) is 5.69 Å². The van der Waals surface area contributed by atoms with Crippen molar-refractivity contribution in [3.05, 3.63) is 70.4 Å². The largest absolute Gasteiger partial charge is 0.427 e. The molecule has 1 heterocycles. The van der Waals surface area contributed by atoms with Gasteiger partial charge in [-0.1, -0.05) is 42.5 Å². The Morgan fingerprint density at radius 2 is 1.73 bits per heavy atom. The third-order valence-electron chi connectivity index (χ3n) is 3.47. The molecule has 110 valence electrons. The van der Waals surface area contributed by atoms with E-state index in [4.69, 9.17) is 0 Å². The highest BCUT2D eigenvalue weighted by Crippen LogP contribution is 2.32. The van der Waals surface area contributed by atoms with E-state index >= 15 is 0 Å². The van der Waals surface area contributed by atoms with Crippen LogP contribution >= 0.6 is 0 Å². The number of hydrogen-bond acceptors (Lipinski definition) is 4. The molecule has 0 atom stereocenters. The van der Waals surface area contributed by atoms with Crippen LogP contribution in [-0.2, 0) is 0 Å². The van der Waals surface area contributed by atoms with Crippen molar-refractivity contribution in [1.82, 2.24) is 9.71 Å². The van der Waals surface area contributed by atoms with Gasteiger partial charge in [0.1, 0.15) is 0 Å². The van der Waals surface area contributed by atoms with E-state index in [1.807, 2.05) is 30.3 Å². The molecule has 1 aromatic heterocycles. The first-order valence-electron chi connectivity index (χ1n) is 6.67. The Balaban J connectivity index is 2.21. The minimum atomic E-state index is -0.485. The van der Waals surface area contributed by atoms with Crippen molar-refractivity contribution in [2.75, 3.05) is 0 Å². The molecule has 0 spiro atoms. The van der Waals surface area contributed by atoms with Gasteiger partial charge in [0.05, 0.1) is 21.9 Å². The van der Waals surface area contributed by atoms with E-state index in [1.54, 1.807) is 25.1 Å². The van der Waals surface area contributed by atoms with Gasteiger partial charge in [0.25, 0.3) is 5.69 Å². The number of para-hydroxylation sites is 1. The van der Waals surface area contributed by atoms with Gasteiger partial charge < -0.3 is 5.21 Å². The smallest absolute Gasteiger partial charge is 0.280 e. The minimum Gasteiger partial charge on any atom is -0.427 e. The van der Waals surface area contributed by atoms with Gasteiger partial charge in [0.2, 0.25) is 0 Å². The summed E-state index contributed by atoms with van der Waals surface area (Å²) < 4.78 is 0.894. The van der Waals surface area contributed by atoms with E-state index in [0.717, 1.165) is 10.3 Å². The molecule has 1 N–H and O–H groups in total. The molecule has 0 bridgehead atoms. The van der Waals surface area contributed by atoms with E-state index in [1.165, 1.54) is 6.07 Å². The molecule has 0 radical (unpaired) electrons. The molecule has 0 saturated carbocycles. The van der Waals surface area contributed by atoms with Gasteiger partial charge in [-0.05, 0) is 13.0 Å². The minimum absolute atomic E-state index is 0.0950. The van der Waals surface area contributed by atoms with E-state index in [-0.39, 0.29) is 17.1 Å². The Morgan fingerprint density at radius 1 is 1.09 bits per heavy atom. The van der Waals surface area contributed by atoms with Crippen LogP contribution in [0.3, 0.4) is 0 Å². The van der Waals surface area contributed by atoms with Crippen LogP contribution in [0.2, 0.25) is 0 Å². The number of benzene rings is 2. The molecular weight excluding hydrogens is 282 g/mol. The number of aromatic nitrogens is 2. The van der Waals surface area contributed by atoms with Gasteiger partial charge in [-0.2, -0.15) is 4.73 Å². The summed E-state index contributed by atoms with van der Waals surface area (Å²) >= 11 is 0. The lowest BCUT2D eigenvalue weighted by molar-refractivity contribution is -0.384. The Bertz CT molecular complexity index is 841. The quantitative estimate of drug-likeness (QED) is 0.454. The standard InChI is InChI=1S/C16H13N3O3/c1-11-15(12-7-3-2-4-8-12)17-16(18(11)20)13-9-5-6-10-14(13)19(21)22/h2-10,20H,1H3. The summed E-state index contributed by atoms with van der Waals surface area (Å²) in [4.78, 5) is 15.1. The molecule has 2 aromatic carbocycles. The number of imidazole rings is 1. The first-order chi connectivity index (χ1) is 10.6. The molecule has 0 aliphatic heterocycles. The van der Waals surface area contributed by atoms with Crippen molar-refractivity contribution < 1.29 is 10.1 Å². The lowest BCUT2D eigenvalue weighted by Gasteiger charge is -2.02. The average molecular weight is 295 g/mol. The zero-order chi connectivity index (χ0) is 15.7. The number of nitro groups is 1. The normalized spacial score (nSPS) is 10.6. The maximum Gasteiger partial charge on any atom is 0.280 e. The summed E-state index contributed by atoms with van der Waals surface area (Å²) in [7, 11) is 0. The van der Waals surface area contributed by atoms with Crippen LogP contribution in [0, 0.1) is 17.0 Å². The maximum atomic E-state index is 11.2. The summed E-state index contributed by atoms with van der Waals surface area (Å²) in [6.45, 7) is 1.72. The van der Waals surface area contributed by atoms with Gasteiger partial charge in [-0.25, -0.2) is 4.98 Å². The topological polar surface area (TPSA) is 81.2 Å². The van der Waals surface area contributed by atoms with Crippen LogP contribution < -0.4 is 0 Å². The van der Waals surface area contributed by atoms with E-state index in [9.17, 15) is 15.3 Å². The summed E-state index contributed by atoms with van der Waals surface area (Å²) in [5.74, 6) is 0.156. The first kappa shape index (κ1) is 13.8. The van der Waals surface area contributed by atoms with E-state index in [0.29, 0.717) is 11.4 Å². The zero-order valence-electron chi connectivity index (χ0n) is 11.8. The van der Waals surface area contributed by atoms with Crippen molar-refractivity contribution in [3.8, 4) is 22.6 Å². The molecule has 0 unspecified atom stereocenters. The molecule has 6 heteroatoms. The molecule has 22 heavy (non-hydrogen) atoms. The van der Waals surface area contributed by atoms with Crippen molar-refractivity contribution in [1.29, 1.82) is 0 Å². The predicted molar refractivity (Wildman–Crippen MR) is 81.7 cm³/mol.